The lowest BCUT2D eigenvalue weighted by molar-refractivity contribution is 0.558. The van der Waals surface area contributed by atoms with Crippen molar-refractivity contribution in [3.63, 3.8) is 0 Å². The molecule has 3 nitrogen and oxygen atoms in total. The predicted molar refractivity (Wildman–Crippen MR) is 125 cm³/mol. The highest BCUT2D eigenvalue weighted by molar-refractivity contribution is 5.60. The molecule has 5 aromatic rings. The molecule has 0 spiro atoms. The van der Waals surface area contributed by atoms with Crippen molar-refractivity contribution in [2.75, 3.05) is 5.32 Å². The van der Waals surface area contributed by atoms with E-state index in [0.29, 0.717) is 6.01 Å². The van der Waals surface area contributed by atoms with Crippen molar-refractivity contribution in [3.8, 4) is 11.3 Å². The van der Waals surface area contributed by atoms with Gasteiger partial charge in [-0.25, -0.2) is 4.98 Å². The van der Waals surface area contributed by atoms with Crippen LogP contribution in [0.15, 0.2) is 132 Å². The first-order valence-electron chi connectivity index (χ1n) is 10.3. The molecule has 0 radical (unpaired) electrons. The average Bonchev–Trinajstić information content (AvgIpc) is 3.33. The molecule has 0 aliphatic rings. The Bertz CT molecular complexity index is 1140. The van der Waals surface area contributed by atoms with Gasteiger partial charge in [-0.2, -0.15) is 0 Å². The molecule has 0 saturated carbocycles. The van der Waals surface area contributed by atoms with Crippen LogP contribution in [0, 0.1) is 0 Å². The van der Waals surface area contributed by atoms with E-state index in [1.807, 2.05) is 48.5 Å². The maximum absolute atomic E-state index is 6.17. The topological polar surface area (TPSA) is 38.1 Å². The normalized spacial score (nSPS) is 11.2. The summed E-state index contributed by atoms with van der Waals surface area (Å²) in [6, 6.07) is 41.7. The van der Waals surface area contributed by atoms with E-state index in [1.54, 1.807) is 6.20 Å². The average molecular weight is 402 g/mol. The maximum Gasteiger partial charge on any atom is 0.296 e. The van der Waals surface area contributed by atoms with Gasteiger partial charge in [-0.05, 0) is 16.7 Å². The number of aromatic nitrogens is 1. The van der Waals surface area contributed by atoms with E-state index >= 15 is 0 Å². The molecule has 1 heterocycles. The SMILES string of the molecule is c1ccc(-c2cnc(NC(c3ccccc3)(c3ccccc3)c3ccccc3)o2)cc1. The number of hydrogen-bond acceptors (Lipinski definition) is 3. The van der Waals surface area contributed by atoms with E-state index in [4.69, 9.17) is 4.42 Å². The van der Waals surface area contributed by atoms with Gasteiger partial charge in [0.25, 0.3) is 6.01 Å². The first kappa shape index (κ1) is 18.9. The monoisotopic (exact) mass is 402 g/mol. The van der Waals surface area contributed by atoms with Crippen LogP contribution < -0.4 is 5.32 Å². The zero-order valence-corrected chi connectivity index (χ0v) is 17.0. The van der Waals surface area contributed by atoms with Gasteiger partial charge in [0, 0.05) is 5.56 Å². The first-order chi connectivity index (χ1) is 15.4. The second-order valence-corrected chi connectivity index (χ2v) is 7.37. The summed E-state index contributed by atoms with van der Waals surface area (Å²) >= 11 is 0. The molecule has 3 heteroatoms. The fourth-order valence-corrected chi connectivity index (χ4v) is 4.01. The minimum atomic E-state index is -0.664. The second kappa shape index (κ2) is 8.33. The predicted octanol–water partition coefficient (Wildman–Crippen LogP) is 6.75. The number of oxazole rings is 1. The molecule has 0 saturated heterocycles. The Morgan fingerprint density at radius 2 is 0.968 bits per heavy atom. The van der Waals surface area contributed by atoms with E-state index < -0.39 is 5.54 Å². The third-order valence-electron chi connectivity index (χ3n) is 5.48. The van der Waals surface area contributed by atoms with Crippen molar-refractivity contribution >= 4 is 6.01 Å². The quantitative estimate of drug-likeness (QED) is 0.319. The Kier molecular flexibility index (Phi) is 5.07. The zero-order chi connectivity index (χ0) is 20.9. The molecule has 1 N–H and O–H groups in total. The van der Waals surface area contributed by atoms with Crippen molar-refractivity contribution in [3.05, 3.63) is 144 Å². The minimum absolute atomic E-state index is 0.468. The molecule has 1 aromatic heterocycles. The van der Waals surface area contributed by atoms with E-state index in [2.05, 4.69) is 83.1 Å². The molecule has 0 fully saturated rings. The summed E-state index contributed by atoms with van der Waals surface area (Å²) < 4.78 is 6.17. The number of anilines is 1. The summed E-state index contributed by atoms with van der Waals surface area (Å²) in [5.74, 6) is 0.728. The summed E-state index contributed by atoms with van der Waals surface area (Å²) in [6.45, 7) is 0. The summed E-state index contributed by atoms with van der Waals surface area (Å²) in [7, 11) is 0. The zero-order valence-electron chi connectivity index (χ0n) is 17.0. The van der Waals surface area contributed by atoms with Crippen LogP contribution in [-0.2, 0) is 5.54 Å². The van der Waals surface area contributed by atoms with Crippen molar-refractivity contribution in [2.24, 2.45) is 0 Å². The van der Waals surface area contributed by atoms with Crippen LogP contribution in [0.4, 0.5) is 6.01 Å². The highest BCUT2D eigenvalue weighted by atomic mass is 16.4. The molecule has 4 aromatic carbocycles. The molecular formula is C28H22N2O. The van der Waals surface area contributed by atoms with Crippen LogP contribution in [0.2, 0.25) is 0 Å². The number of hydrogen-bond donors (Lipinski definition) is 1. The Balaban J connectivity index is 1.68. The van der Waals surface area contributed by atoms with E-state index in [1.165, 1.54) is 0 Å². The van der Waals surface area contributed by atoms with Gasteiger partial charge < -0.3 is 9.73 Å². The molecule has 31 heavy (non-hydrogen) atoms. The standard InChI is InChI=1S/C28H22N2O/c1-5-13-22(14-6-1)26-21-29-27(31-26)30-28(23-15-7-2-8-16-23,24-17-9-3-10-18-24)25-19-11-4-12-20-25/h1-21H,(H,29,30). The van der Waals surface area contributed by atoms with Gasteiger partial charge in [-0.1, -0.05) is 121 Å². The lowest BCUT2D eigenvalue weighted by atomic mass is 9.77. The number of rotatable bonds is 6. The molecule has 0 unspecified atom stereocenters. The smallest absolute Gasteiger partial charge is 0.296 e. The summed E-state index contributed by atoms with van der Waals surface area (Å²) in [5.41, 5.74) is 3.64. The van der Waals surface area contributed by atoms with Gasteiger partial charge in [0.05, 0.1) is 6.20 Å². The first-order valence-corrected chi connectivity index (χ1v) is 10.3. The lowest BCUT2D eigenvalue weighted by Crippen LogP contribution is -2.38. The fourth-order valence-electron chi connectivity index (χ4n) is 4.01. The minimum Gasteiger partial charge on any atom is -0.424 e. The second-order valence-electron chi connectivity index (χ2n) is 7.37. The van der Waals surface area contributed by atoms with Crippen LogP contribution in [0.25, 0.3) is 11.3 Å². The van der Waals surface area contributed by atoms with Gasteiger partial charge in [-0.3, -0.25) is 0 Å². The van der Waals surface area contributed by atoms with Crippen molar-refractivity contribution in [1.29, 1.82) is 0 Å². The van der Waals surface area contributed by atoms with Crippen molar-refractivity contribution in [1.82, 2.24) is 4.98 Å². The summed E-state index contributed by atoms with van der Waals surface area (Å²) in [4.78, 5) is 4.58. The highest BCUT2D eigenvalue weighted by Gasteiger charge is 2.37. The summed E-state index contributed by atoms with van der Waals surface area (Å²) in [6.07, 6.45) is 1.77. The van der Waals surface area contributed by atoms with E-state index in [0.717, 1.165) is 28.0 Å². The molecule has 0 amide bonds. The molecule has 0 bridgehead atoms. The summed E-state index contributed by atoms with van der Waals surface area (Å²) in [5, 5.41) is 3.65. The third kappa shape index (κ3) is 3.62. The number of benzene rings is 4. The largest absolute Gasteiger partial charge is 0.424 e. The number of nitrogens with zero attached hydrogens (tertiary/aromatic N) is 1. The highest BCUT2D eigenvalue weighted by Crippen LogP contribution is 2.40. The van der Waals surface area contributed by atoms with Crippen LogP contribution in [0.1, 0.15) is 16.7 Å². The third-order valence-corrected chi connectivity index (χ3v) is 5.48. The Morgan fingerprint density at radius 1 is 0.548 bits per heavy atom. The lowest BCUT2D eigenvalue weighted by Gasteiger charge is -2.36. The Labute approximate surface area is 182 Å². The van der Waals surface area contributed by atoms with E-state index in [-0.39, 0.29) is 0 Å². The van der Waals surface area contributed by atoms with Gasteiger partial charge in [-0.15, -0.1) is 0 Å². The van der Waals surface area contributed by atoms with Crippen LogP contribution in [0.3, 0.4) is 0 Å². The van der Waals surface area contributed by atoms with Gasteiger partial charge in [0.2, 0.25) is 0 Å². The van der Waals surface area contributed by atoms with E-state index in [9.17, 15) is 0 Å². The molecular weight excluding hydrogens is 380 g/mol. The van der Waals surface area contributed by atoms with Crippen molar-refractivity contribution < 1.29 is 4.42 Å². The molecule has 0 aliphatic carbocycles. The van der Waals surface area contributed by atoms with Gasteiger partial charge >= 0.3 is 0 Å². The van der Waals surface area contributed by atoms with Crippen LogP contribution >= 0.6 is 0 Å². The van der Waals surface area contributed by atoms with Crippen LogP contribution in [-0.4, -0.2) is 4.98 Å². The van der Waals surface area contributed by atoms with Crippen LogP contribution in [0.5, 0.6) is 0 Å². The molecule has 5 rings (SSSR count). The van der Waals surface area contributed by atoms with Gasteiger partial charge in [0.15, 0.2) is 5.76 Å². The maximum atomic E-state index is 6.17. The van der Waals surface area contributed by atoms with Gasteiger partial charge in [0.1, 0.15) is 5.54 Å². The molecule has 150 valence electrons. The number of nitrogens with one attached hydrogen (secondary N) is 1. The fraction of sp³-hybridized carbons (Fsp3) is 0.0357. The Hall–Kier alpha value is -4.11. The molecule has 0 atom stereocenters. The Morgan fingerprint density at radius 3 is 1.42 bits per heavy atom. The molecule has 0 aliphatic heterocycles. The van der Waals surface area contributed by atoms with Crippen molar-refractivity contribution in [2.45, 2.75) is 5.54 Å².